The van der Waals surface area contributed by atoms with Crippen LogP contribution < -0.4 is 0 Å². The number of hydrogen-bond donors (Lipinski definition) is 1. The highest BCUT2D eigenvalue weighted by atomic mass is 16.4. The molecule has 1 fully saturated rings. The highest BCUT2D eigenvalue weighted by molar-refractivity contribution is 5.73. The second kappa shape index (κ2) is 5.42. The van der Waals surface area contributed by atoms with Crippen LogP contribution in [0.1, 0.15) is 18.7 Å². The molecule has 1 atom stereocenters. The molecule has 1 saturated heterocycles. The third-order valence-corrected chi connectivity index (χ3v) is 3.47. The Kier molecular flexibility index (Phi) is 3.47. The molecule has 20 heavy (non-hydrogen) atoms. The minimum Gasteiger partial charge on any atom is -0.480 e. The molecule has 2 heterocycles. The van der Waals surface area contributed by atoms with Gasteiger partial charge in [-0.15, -0.1) is 10.2 Å². The molecule has 1 unspecified atom stereocenters. The van der Waals surface area contributed by atoms with Gasteiger partial charge in [0, 0.05) is 5.56 Å². The standard InChI is InChI=1S/C14H15N3O3/c18-14(19)11-7-4-8-17(11)9-12-15-16-13(20-12)10-5-2-1-3-6-10/h1-3,5-6,11H,4,7-9H2,(H,18,19). The third-order valence-electron chi connectivity index (χ3n) is 3.47. The number of nitrogens with zero attached hydrogens (tertiary/aromatic N) is 3. The first-order valence-electron chi connectivity index (χ1n) is 6.59. The summed E-state index contributed by atoms with van der Waals surface area (Å²) in [5.41, 5.74) is 0.863. The van der Waals surface area contributed by atoms with E-state index in [0.717, 1.165) is 18.5 Å². The van der Waals surface area contributed by atoms with Crippen molar-refractivity contribution >= 4 is 5.97 Å². The predicted molar refractivity (Wildman–Crippen MR) is 70.8 cm³/mol. The Labute approximate surface area is 116 Å². The van der Waals surface area contributed by atoms with Crippen molar-refractivity contribution in [1.29, 1.82) is 0 Å². The van der Waals surface area contributed by atoms with Crippen LogP contribution in [-0.2, 0) is 11.3 Å². The van der Waals surface area contributed by atoms with Crippen LogP contribution in [0.3, 0.4) is 0 Å². The lowest BCUT2D eigenvalue weighted by atomic mass is 10.2. The first-order chi connectivity index (χ1) is 9.74. The molecule has 0 spiro atoms. The number of benzene rings is 1. The van der Waals surface area contributed by atoms with Crippen molar-refractivity contribution in [3.05, 3.63) is 36.2 Å². The van der Waals surface area contributed by atoms with E-state index >= 15 is 0 Å². The monoisotopic (exact) mass is 273 g/mol. The van der Waals surface area contributed by atoms with Crippen molar-refractivity contribution < 1.29 is 14.3 Å². The van der Waals surface area contributed by atoms with Crippen LogP contribution in [0.25, 0.3) is 11.5 Å². The van der Waals surface area contributed by atoms with E-state index in [1.165, 1.54) is 0 Å². The molecule has 1 N–H and O–H groups in total. The lowest BCUT2D eigenvalue weighted by molar-refractivity contribution is -0.142. The molecule has 0 radical (unpaired) electrons. The van der Waals surface area contributed by atoms with Gasteiger partial charge in [0.25, 0.3) is 0 Å². The second-order valence-corrected chi connectivity index (χ2v) is 4.83. The van der Waals surface area contributed by atoms with Gasteiger partial charge < -0.3 is 9.52 Å². The molecule has 1 aliphatic rings. The molecule has 0 bridgehead atoms. The Hall–Kier alpha value is -2.21. The van der Waals surface area contributed by atoms with Gasteiger partial charge in [-0.2, -0.15) is 0 Å². The predicted octanol–water partition coefficient (Wildman–Crippen LogP) is 1.79. The summed E-state index contributed by atoms with van der Waals surface area (Å²) in [5.74, 6) is 0.133. The molecule has 3 rings (SSSR count). The van der Waals surface area contributed by atoms with Crippen molar-refractivity contribution in [3.63, 3.8) is 0 Å². The average molecular weight is 273 g/mol. The fourth-order valence-corrected chi connectivity index (χ4v) is 2.48. The number of carboxylic acid groups (broad SMARTS) is 1. The molecule has 0 amide bonds. The van der Waals surface area contributed by atoms with Crippen LogP contribution >= 0.6 is 0 Å². The molecule has 6 heteroatoms. The van der Waals surface area contributed by atoms with Gasteiger partial charge in [0.2, 0.25) is 11.8 Å². The van der Waals surface area contributed by atoms with Crippen LogP contribution in [-0.4, -0.2) is 38.8 Å². The van der Waals surface area contributed by atoms with Gasteiger partial charge in [0.05, 0.1) is 6.54 Å². The number of likely N-dealkylation sites (tertiary alicyclic amines) is 1. The van der Waals surface area contributed by atoms with Gasteiger partial charge >= 0.3 is 5.97 Å². The van der Waals surface area contributed by atoms with Gasteiger partial charge in [-0.1, -0.05) is 18.2 Å². The molecule has 1 aromatic heterocycles. The van der Waals surface area contributed by atoms with Crippen molar-refractivity contribution in [2.75, 3.05) is 6.54 Å². The molecular formula is C14H15N3O3. The number of rotatable bonds is 4. The summed E-state index contributed by atoms with van der Waals surface area (Å²) in [6, 6.07) is 9.07. The van der Waals surface area contributed by atoms with E-state index < -0.39 is 12.0 Å². The molecule has 0 aliphatic carbocycles. The summed E-state index contributed by atoms with van der Waals surface area (Å²) in [4.78, 5) is 13.0. The minimum absolute atomic E-state index is 0.386. The smallest absolute Gasteiger partial charge is 0.320 e. The normalized spacial score (nSPS) is 19.3. The highest BCUT2D eigenvalue weighted by Gasteiger charge is 2.31. The first kappa shape index (κ1) is 12.8. The number of aliphatic carboxylic acids is 1. The zero-order valence-electron chi connectivity index (χ0n) is 10.9. The van der Waals surface area contributed by atoms with E-state index in [4.69, 9.17) is 9.52 Å². The molecule has 2 aromatic rings. The average Bonchev–Trinajstić information content (AvgIpc) is 3.09. The topological polar surface area (TPSA) is 79.5 Å². The summed E-state index contributed by atoms with van der Waals surface area (Å²) in [6.45, 7) is 1.14. The SMILES string of the molecule is O=C(O)C1CCCN1Cc1nnc(-c2ccccc2)o1. The van der Waals surface area contributed by atoms with Crippen LogP contribution in [0.5, 0.6) is 0 Å². The maximum Gasteiger partial charge on any atom is 0.320 e. The minimum atomic E-state index is -0.787. The summed E-state index contributed by atoms with van der Waals surface area (Å²) >= 11 is 0. The van der Waals surface area contributed by atoms with E-state index in [0.29, 0.717) is 24.7 Å². The summed E-state index contributed by atoms with van der Waals surface area (Å²) in [7, 11) is 0. The van der Waals surface area contributed by atoms with Gasteiger partial charge in [-0.25, -0.2) is 0 Å². The van der Waals surface area contributed by atoms with E-state index in [1.807, 2.05) is 35.2 Å². The van der Waals surface area contributed by atoms with Gasteiger partial charge in [0.15, 0.2) is 0 Å². The fourth-order valence-electron chi connectivity index (χ4n) is 2.48. The maximum absolute atomic E-state index is 11.1. The van der Waals surface area contributed by atoms with Crippen molar-refractivity contribution in [2.45, 2.75) is 25.4 Å². The Bertz CT molecular complexity index is 597. The van der Waals surface area contributed by atoms with Crippen molar-refractivity contribution in [3.8, 4) is 11.5 Å². The van der Waals surface area contributed by atoms with E-state index in [-0.39, 0.29) is 0 Å². The number of carboxylic acids is 1. The molecule has 0 saturated carbocycles. The molecular weight excluding hydrogens is 258 g/mol. The zero-order valence-corrected chi connectivity index (χ0v) is 10.9. The van der Waals surface area contributed by atoms with Gasteiger partial charge in [0.1, 0.15) is 6.04 Å². The fraction of sp³-hybridized carbons (Fsp3) is 0.357. The summed E-state index contributed by atoms with van der Waals surface area (Å²) in [5, 5.41) is 17.1. The Morgan fingerprint density at radius 2 is 2.15 bits per heavy atom. The Balaban J connectivity index is 1.73. The molecule has 1 aliphatic heterocycles. The Morgan fingerprint density at radius 1 is 1.35 bits per heavy atom. The van der Waals surface area contributed by atoms with Crippen LogP contribution in [0, 0.1) is 0 Å². The highest BCUT2D eigenvalue weighted by Crippen LogP contribution is 2.22. The number of aromatic nitrogens is 2. The molecule has 104 valence electrons. The first-order valence-corrected chi connectivity index (χ1v) is 6.59. The van der Waals surface area contributed by atoms with Crippen molar-refractivity contribution in [1.82, 2.24) is 15.1 Å². The van der Waals surface area contributed by atoms with Crippen LogP contribution in [0.2, 0.25) is 0 Å². The van der Waals surface area contributed by atoms with E-state index in [2.05, 4.69) is 10.2 Å². The van der Waals surface area contributed by atoms with Crippen LogP contribution in [0.15, 0.2) is 34.7 Å². The van der Waals surface area contributed by atoms with E-state index in [1.54, 1.807) is 0 Å². The quantitative estimate of drug-likeness (QED) is 0.914. The van der Waals surface area contributed by atoms with E-state index in [9.17, 15) is 4.79 Å². The van der Waals surface area contributed by atoms with Gasteiger partial charge in [-0.3, -0.25) is 9.69 Å². The lowest BCUT2D eigenvalue weighted by Crippen LogP contribution is -2.35. The van der Waals surface area contributed by atoms with Gasteiger partial charge in [-0.05, 0) is 31.5 Å². The lowest BCUT2D eigenvalue weighted by Gasteiger charge is -2.18. The summed E-state index contributed by atoms with van der Waals surface area (Å²) in [6.07, 6.45) is 1.56. The molecule has 6 nitrogen and oxygen atoms in total. The summed E-state index contributed by atoms with van der Waals surface area (Å²) < 4.78 is 5.60. The Morgan fingerprint density at radius 3 is 2.90 bits per heavy atom. The number of hydrogen-bond acceptors (Lipinski definition) is 5. The van der Waals surface area contributed by atoms with Crippen LogP contribution in [0.4, 0.5) is 0 Å². The maximum atomic E-state index is 11.1. The molecule has 1 aromatic carbocycles. The number of carbonyl (C=O) groups is 1. The largest absolute Gasteiger partial charge is 0.480 e. The zero-order chi connectivity index (χ0) is 13.9. The third kappa shape index (κ3) is 2.55. The van der Waals surface area contributed by atoms with Crippen molar-refractivity contribution in [2.24, 2.45) is 0 Å². The second-order valence-electron chi connectivity index (χ2n) is 4.83.